The van der Waals surface area contributed by atoms with E-state index in [0.29, 0.717) is 0 Å². The predicted molar refractivity (Wildman–Crippen MR) is 124 cm³/mol. The first-order valence-corrected chi connectivity index (χ1v) is 11.5. The van der Waals surface area contributed by atoms with Gasteiger partial charge >= 0.3 is 0 Å². The number of amides is 2. The van der Waals surface area contributed by atoms with Crippen LogP contribution < -0.4 is 19.7 Å². The third-order valence-electron chi connectivity index (χ3n) is 6.67. The van der Waals surface area contributed by atoms with Crippen LogP contribution in [0, 0.1) is 5.92 Å². The van der Waals surface area contributed by atoms with Gasteiger partial charge in [-0.2, -0.15) is 0 Å². The Morgan fingerprint density at radius 2 is 1.44 bits per heavy atom. The molecule has 2 atom stereocenters. The maximum absolute atomic E-state index is 13.4. The minimum absolute atomic E-state index is 0.0259. The zero-order valence-corrected chi connectivity index (χ0v) is 18.9. The summed E-state index contributed by atoms with van der Waals surface area (Å²) >= 11 is 0. The number of nitrogens with one attached hydrogen (secondary N) is 1. The molecule has 0 spiro atoms. The molecule has 170 valence electrons. The first-order chi connectivity index (χ1) is 15.6. The van der Waals surface area contributed by atoms with Crippen LogP contribution in [0.15, 0.2) is 48.5 Å². The number of carbonyl (C=O) groups is 2. The van der Waals surface area contributed by atoms with Crippen molar-refractivity contribution in [2.75, 3.05) is 19.1 Å². The normalized spacial score (nSPS) is 21.8. The Hall–Kier alpha value is -3.02. The van der Waals surface area contributed by atoms with Gasteiger partial charge in [0.15, 0.2) is 0 Å². The fourth-order valence-corrected chi connectivity index (χ4v) is 4.93. The lowest BCUT2D eigenvalue weighted by atomic mass is 9.92. The molecular weight excluding hydrogens is 404 g/mol. The van der Waals surface area contributed by atoms with Crippen molar-refractivity contribution < 1.29 is 19.1 Å². The van der Waals surface area contributed by atoms with Crippen molar-refractivity contribution in [2.45, 2.75) is 57.0 Å². The summed E-state index contributed by atoms with van der Waals surface area (Å²) in [6.45, 7) is 0. The van der Waals surface area contributed by atoms with Crippen molar-refractivity contribution in [3.8, 4) is 11.5 Å². The van der Waals surface area contributed by atoms with E-state index in [1.165, 1.54) is 12.8 Å². The van der Waals surface area contributed by atoms with Crippen molar-refractivity contribution in [2.24, 2.45) is 5.92 Å². The second kappa shape index (κ2) is 10.1. The van der Waals surface area contributed by atoms with Gasteiger partial charge in [0.1, 0.15) is 11.5 Å². The molecule has 6 heteroatoms. The maximum atomic E-state index is 13.4. The van der Waals surface area contributed by atoms with Gasteiger partial charge < -0.3 is 19.7 Å². The van der Waals surface area contributed by atoms with E-state index < -0.39 is 5.92 Å². The lowest BCUT2D eigenvalue weighted by Gasteiger charge is -2.29. The highest BCUT2D eigenvalue weighted by Gasteiger charge is 2.45. The average molecular weight is 437 g/mol. The quantitative estimate of drug-likeness (QED) is 0.670. The largest absolute Gasteiger partial charge is 0.497 e. The zero-order chi connectivity index (χ0) is 22.5. The van der Waals surface area contributed by atoms with Crippen LogP contribution in [0.4, 0.5) is 5.69 Å². The molecule has 2 aromatic carbocycles. The first kappa shape index (κ1) is 22.2. The SMILES string of the molecule is COc1ccc([C@@H]2[C@H](C(=O)NC3CCCCCC3)CC(=O)N2c2ccc(OC)cc2)cc1. The smallest absolute Gasteiger partial charge is 0.228 e. The molecule has 1 saturated heterocycles. The Kier molecular flexibility index (Phi) is 6.98. The lowest BCUT2D eigenvalue weighted by molar-refractivity contribution is -0.127. The number of hydrogen-bond donors (Lipinski definition) is 1. The second-order valence-electron chi connectivity index (χ2n) is 8.69. The van der Waals surface area contributed by atoms with Crippen molar-refractivity contribution in [3.05, 3.63) is 54.1 Å². The highest BCUT2D eigenvalue weighted by atomic mass is 16.5. The van der Waals surface area contributed by atoms with Gasteiger partial charge in [-0.05, 0) is 54.8 Å². The van der Waals surface area contributed by atoms with Gasteiger partial charge in [-0.1, -0.05) is 37.8 Å². The van der Waals surface area contributed by atoms with E-state index >= 15 is 0 Å². The number of ether oxygens (including phenoxy) is 2. The summed E-state index contributed by atoms with van der Waals surface area (Å²) < 4.78 is 10.6. The summed E-state index contributed by atoms with van der Waals surface area (Å²) in [5, 5.41) is 3.27. The molecule has 2 aromatic rings. The van der Waals surface area contributed by atoms with Gasteiger partial charge in [-0.25, -0.2) is 0 Å². The fraction of sp³-hybridized carbons (Fsp3) is 0.462. The molecule has 1 N–H and O–H groups in total. The first-order valence-electron chi connectivity index (χ1n) is 11.5. The molecular formula is C26H32N2O4. The monoisotopic (exact) mass is 436 g/mol. The Labute approximate surface area is 189 Å². The topological polar surface area (TPSA) is 67.9 Å². The van der Waals surface area contributed by atoms with Crippen LogP contribution >= 0.6 is 0 Å². The Morgan fingerprint density at radius 3 is 2.00 bits per heavy atom. The number of carbonyl (C=O) groups excluding carboxylic acids is 2. The molecule has 0 unspecified atom stereocenters. The third kappa shape index (κ3) is 4.74. The van der Waals surface area contributed by atoms with Crippen LogP contribution in [0.3, 0.4) is 0 Å². The minimum Gasteiger partial charge on any atom is -0.497 e. The molecule has 0 radical (unpaired) electrons. The van der Waals surface area contributed by atoms with Gasteiger partial charge in [0, 0.05) is 18.2 Å². The number of anilines is 1. The van der Waals surface area contributed by atoms with E-state index in [1.807, 2.05) is 48.5 Å². The van der Waals surface area contributed by atoms with Gasteiger partial charge in [-0.15, -0.1) is 0 Å². The van der Waals surface area contributed by atoms with Crippen molar-refractivity contribution in [3.63, 3.8) is 0 Å². The number of nitrogens with zero attached hydrogens (tertiary/aromatic N) is 1. The number of hydrogen-bond acceptors (Lipinski definition) is 4. The maximum Gasteiger partial charge on any atom is 0.228 e. The summed E-state index contributed by atoms with van der Waals surface area (Å²) in [4.78, 5) is 28.4. The van der Waals surface area contributed by atoms with Crippen LogP contribution in [-0.4, -0.2) is 32.1 Å². The number of methoxy groups -OCH3 is 2. The van der Waals surface area contributed by atoms with E-state index in [0.717, 1.165) is 48.4 Å². The summed E-state index contributed by atoms with van der Waals surface area (Å²) in [5.74, 6) is 0.956. The van der Waals surface area contributed by atoms with Crippen molar-refractivity contribution >= 4 is 17.5 Å². The molecule has 1 saturated carbocycles. The molecule has 1 heterocycles. The number of rotatable bonds is 6. The van der Waals surface area contributed by atoms with E-state index in [1.54, 1.807) is 19.1 Å². The van der Waals surface area contributed by atoms with Crippen LogP contribution in [0.1, 0.15) is 56.6 Å². The van der Waals surface area contributed by atoms with Gasteiger partial charge in [-0.3, -0.25) is 9.59 Å². The van der Waals surface area contributed by atoms with Crippen LogP contribution in [0.5, 0.6) is 11.5 Å². The molecule has 1 aliphatic heterocycles. The average Bonchev–Trinajstić information content (AvgIpc) is 2.98. The summed E-state index contributed by atoms with van der Waals surface area (Å²) in [6, 6.07) is 14.9. The molecule has 1 aliphatic carbocycles. The number of benzene rings is 2. The Balaban J connectivity index is 1.64. The van der Waals surface area contributed by atoms with E-state index in [2.05, 4.69) is 5.32 Å². The molecule has 0 bridgehead atoms. The highest BCUT2D eigenvalue weighted by molar-refractivity contribution is 6.01. The highest BCUT2D eigenvalue weighted by Crippen LogP contribution is 2.42. The Bertz CT molecular complexity index is 918. The van der Waals surface area contributed by atoms with Crippen LogP contribution in [-0.2, 0) is 9.59 Å². The van der Waals surface area contributed by atoms with E-state index in [-0.39, 0.29) is 30.3 Å². The van der Waals surface area contributed by atoms with Gasteiger partial charge in [0.05, 0.1) is 26.2 Å². The van der Waals surface area contributed by atoms with Crippen molar-refractivity contribution in [1.82, 2.24) is 5.32 Å². The molecule has 2 aliphatic rings. The standard InChI is InChI=1S/C26H32N2O4/c1-31-21-13-9-18(10-14-21)25-23(26(30)27-19-7-5-3-4-6-8-19)17-24(29)28(25)20-11-15-22(32-2)16-12-20/h9-16,19,23,25H,3-8,17H2,1-2H3,(H,27,30)/t23-,25-/m1/s1. The van der Waals surface area contributed by atoms with Gasteiger partial charge in [0.25, 0.3) is 0 Å². The second-order valence-corrected chi connectivity index (χ2v) is 8.69. The van der Waals surface area contributed by atoms with Crippen LogP contribution in [0.25, 0.3) is 0 Å². The molecule has 4 rings (SSSR count). The Morgan fingerprint density at radius 1 is 0.875 bits per heavy atom. The molecule has 6 nitrogen and oxygen atoms in total. The fourth-order valence-electron chi connectivity index (χ4n) is 4.93. The molecule has 2 amide bonds. The molecule has 32 heavy (non-hydrogen) atoms. The lowest BCUT2D eigenvalue weighted by Crippen LogP contribution is -2.41. The summed E-state index contributed by atoms with van der Waals surface area (Å²) in [7, 11) is 3.24. The predicted octanol–water partition coefficient (Wildman–Crippen LogP) is 4.64. The molecule has 0 aromatic heterocycles. The van der Waals surface area contributed by atoms with Crippen molar-refractivity contribution in [1.29, 1.82) is 0 Å². The van der Waals surface area contributed by atoms with Gasteiger partial charge in [0.2, 0.25) is 11.8 Å². The molecule has 2 fully saturated rings. The minimum atomic E-state index is -0.443. The van der Waals surface area contributed by atoms with E-state index in [4.69, 9.17) is 9.47 Å². The van der Waals surface area contributed by atoms with E-state index in [9.17, 15) is 9.59 Å². The van der Waals surface area contributed by atoms with Crippen LogP contribution in [0.2, 0.25) is 0 Å². The third-order valence-corrected chi connectivity index (χ3v) is 6.67. The summed E-state index contributed by atoms with van der Waals surface area (Å²) in [5.41, 5.74) is 1.69. The summed E-state index contributed by atoms with van der Waals surface area (Å²) in [6.07, 6.45) is 6.98. The zero-order valence-electron chi connectivity index (χ0n) is 18.9.